The van der Waals surface area contributed by atoms with Crippen LogP contribution < -0.4 is 0 Å². The second-order valence-corrected chi connectivity index (χ2v) is 3.57. The first-order valence-electron chi connectivity index (χ1n) is 2.71. The van der Waals surface area contributed by atoms with Crippen LogP contribution in [0.3, 0.4) is 0 Å². The fraction of sp³-hybridized carbons (Fsp3) is 1.00. The molecule has 1 nitrogen and oxygen atoms in total. The molecule has 0 aromatic heterocycles. The van der Waals surface area contributed by atoms with Crippen LogP contribution in [0.1, 0.15) is 26.2 Å². The third-order valence-corrected chi connectivity index (χ3v) is 2.28. The van der Waals surface area contributed by atoms with Gasteiger partial charge < -0.3 is 0 Å². The average molecular weight is 209 g/mol. The Bertz CT molecular complexity index is 45.3. The predicted molar refractivity (Wildman–Crippen MR) is 30.8 cm³/mol. The van der Waals surface area contributed by atoms with E-state index >= 15 is 0 Å². The van der Waals surface area contributed by atoms with Gasteiger partial charge in [-0.3, -0.25) is 0 Å². The van der Waals surface area contributed by atoms with Gasteiger partial charge in [0.05, 0.1) is 0 Å². The van der Waals surface area contributed by atoms with Crippen LogP contribution in [0.25, 0.3) is 0 Å². The van der Waals surface area contributed by atoms with Crippen LogP contribution in [0.4, 0.5) is 0 Å². The van der Waals surface area contributed by atoms with Gasteiger partial charge in [-0.25, -0.2) is 0 Å². The minimum atomic E-state index is -0.934. The Morgan fingerprint density at radius 1 is 1.43 bits per heavy atom. The van der Waals surface area contributed by atoms with Gasteiger partial charge in [0, 0.05) is 0 Å². The molecule has 0 aliphatic carbocycles. The molecule has 0 spiro atoms. The van der Waals surface area contributed by atoms with Crippen LogP contribution in [0, 0.1) is 0 Å². The molecule has 0 bridgehead atoms. The Morgan fingerprint density at radius 3 is 2.57 bits per heavy atom. The maximum absolute atomic E-state index is 9.95. The molecule has 0 amide bonds. The van der Waals surface area contributed by atoms with Gasteiger partial charge in [0.1, 0.15) is 0 Å². The fourth-order valence-corrected chi connectivity index (χ4v) is 1.43. The van der Waals surface area contributed by atoms with Crippen LogP contribution in [-0.2, 0) is 3.02 Å². The van der Waals surface area contributed by atoms with Crippen molar-refractivity contribution >= 4 is 21.6 Å². The molecule has 0 atom stereocenters. The summed E-state index contributed by atoms with van der Waals surface area (Å²) in [5.74, 6) is 0. The zero-order valence-corrected chi connectivity index (χ0v) is 7.24. The van der Waals surface area contributed by atoms with Gasteiger partial charge in [0.2, 0.25) is 0 Å². The number of hydrogen-bond acceptors (Lipinski definition) is 1. The summed E-state index contributed by atoms with van der Waals surface area (Å²) in [6.45, 7) is 2.16. The first-order chi connectivity index (χ1) is 3.41. The monoisotopic (exact) mass is 208 g/mol. The minimum absolute atomic E-state index is 0.934. The van der Waals surface area contributed by atoms with Gasteiger partial charge in [0.15, 0.2) is 0 Å². The third-order valence-electron chi connectivity index (χ3n) is 0.853. The molecule has 0 saturated heterocycles. The van der Waals surface area contributed by atoms with Crippen LogP contribution in [0.2, 0.25) is 4.37 Å². The number of unbranched alkanes of at least 4 members (excludes halogenated alkanes) is 2. The molecule has 42 valence electrons. The summed E-state index contributed by atoms with van der Waals surface area (Å²) in [7, 11) is 0. The van der Waals surface area contributed by atoms with Crippen molar-refractivity contribution in [2.24, 2.45) is 0 Å². The molecule has 0 heterocycles. The van der Waals surface area contributed by atoms with Crippen molar-refractivity contribution in [2.75, 3.05) is 0 Å². The summed E-state index contributed by atoms with van der Waals surface area (Å²) < 4.78 is 11.0. The molecule has 0 aliphatic rings. The molecule has 0 N–H and O–H groups in total. The van der Waals surface area contributed by atoms with E-state index in [1.54, 1.807) is 0 Å². The van der Waals surface area contributed by atoms with E-state index in [0.717, 1.165) is 4.37 Å². The second-order valence-electron chi connectivity index (χ2n) is 1.56. The van der Waals surface area contributed by atoms with Gasteiger partial charge in [-0.05, 0) is 0 Å². The van der Waals surface area contributed by atoms with Crippen LogP contribution in [0.5, 0.6) is 0 Å². The summed E-state index contributed by atoms with van der Waals surface area (Å²) in [6, 6.07) is 0. The zero-order valence-electron chi connectivity index (χ0n) is 4.68. The van der Waals surface area contributed by atoms with Crippen molar-refractivity contribution in [3.8, 4) is 0 Å². The molecule has 0 rings (SSSR count). The van der Waals surface area contributed by atoms with Crippen molar-refractivity contribution in [1.29, 1.82) is 0 Å². The van der Waals surface area contributed by atoms with Gasteiger partial charge in [-0.1, -0.05) is 0 Å². The fourth-order valence-electron chi connectivity index (χ4n) is 0.426. The molecule has 0 fully saturated rings. The quantitative estimate of drug-likeness (QED) is 0.508. The summed E-state index contributed by atoms with van der Waals surface area (Å²) >= 11 is -0.934. The molecule has 2 heteroatoms. The first kappa shape index (κ1) is 7.62. The Labute approximate surface area is 55.4 Å². The van der Waals surface area contributed by atoms with E-state index in [9.17, 15) is 3.02 Å². The van der Waals surface area contributed by atoms with Gasteiger partial charge in [-0.15, -0.1) is 0 Å². The zero-order chi connectivity index (χ0) is 5.54. The summed E-state index contributed by atoms with van der Waals surface area (Å²) in [4.78, 5) is 0. The van der Waals surface area contributed by atoms with Crippen molar-refractivity contribution in [3.63, 3.8) is 0 Å². The standard InChI is InChI=1S/C5H11.O.Sb/c1-3-5-4-2;;/h1,3-5H2,2H3;;. The van der Waals surface area contributed by atoms with E-state index in [4.69, 9.17) is 0 Å². The van der Waals surface area contributed by atoms with E-state index in [0.29, 0.717) is 0 Å². The number of rotatable bonds is 4. The molecular formula is C5H11OSb. The SMILES string of the molecule is CCCC[CH2][Sb]=[O]. The van der Waals surface area contributed by atoms with Crippen molar-refractivity contribution in [3.05, 3.63) is 0 Å². The molecule has 0 aliphatic heterocycles. The van der Waals surface area contributed by atoms with E-state index in [-0.39, 0.29) is 0 Å². The molecule has 0 aromatic carbocycles. The maximum atomic E-state index is 9.95. The molecule has 0 aromatic rings. The van der Waals surface area contributed by atoms with E-state index in [1.165, 1.54) is 19.3 Å². The van der Waals surface area contributed by atoms with E-state index < -0.39 is 21.6 Å². The van der Waals surface area contributed by atoms with Gasteiger partial charge >= 0.3 is 55.2 Å². The van der Waals surface area contributed by atoms with Gasteiger partial charge in [0.25, 0.3) is 0 Å². The Morgan fingerprint density at radius 2 is 2.14 bits per heavy atom. The number of hydrogen-bond donors (Lipinski definition) is 0. The van der Waals surface area contributed by atoms with Crippen molar-refractivity contribution in [1.82, 2.24) is 0 Å². The second kappa shape index (κ2) is 6.62. The summed E-state index contributed by atoms with van der Waals surface area (Å²) in [5, 5.41) is 0. The van der Waals surface area contributed by atoms with E-state index in [2.05, 4.69) is 6.92 Å². The Hall–Kier alpha value is 0.618. The van der Waals surface area contributed by atoms with Crippen molar-refractivity contribution in [2.45, 2.75) is 30.6 Å². The Kier molecular flexibility index (Phi) is 7.20. The molecule has 0 radical (unpaired) electrons. The summed E-state index contributed by atoms with van der Waals surface area (Å²) in [6.07, 6.45) is 3.70. The van der Waals surface area contributed by atoms with E-state index in [1.807, 2.05) is 0 Å². The normalized spacial score (nSPS) is 8.71. The van der Waals surface area contributed by atoms with Crippen LogP contribution in [-0.4, -0.2) is 21.6 Å². The molecule has 0 saturated carbocycles. The van der Waals surface area contributed by atoms with Crippen LogP contribution >= 0.6 is 0 Å². The third kappa shape index (κ3) is 6.62. The predicted octanol–water partition coefficient (Wildman–Crippen LogP) is 1.64. The average Bonchev–Trinajstić information content (AvgIpc) is 1.69. The molecule has 0 unspecified atom stereocenters. The van der Waals surface area contributed by atoms with Crippen molar-refractivity contribution < 1.29 is 3.02 Å². The first-order valence-corrected chi connectivity index (χ1v) is 5.55. The van der Waals surface area contributed by atoms with Gasteiger partial charge in [-0.2, -0.15) is 0 Å². The van der Waals surface area contributed by atoms with Crippen LogP contribution in [0.15, 0.2) is 0 Å². The summed E-state index contributed by atoms with van der Waals surface area (Å²) in [5.41, 5.74) is 0. The molecular weight excluding hydrogens is 198 g/mol. The molecule has 7 heavy (non-hydrogen) atoms. The topological polar surface area (TPSA) is 17.1 Å². The Balaban J connectivity index is 2.56.